The topological polar surface area (TPSA) is 66.3 Å². The van der Waals surface area contributed by atoms with Gasteiger partial charge in [0.05, 0.1) is 5.56 Å². The van der Waals surface area contributed by atoms with E-state index >= 15 is 0 Å². The van der Waals surface area contributed by atoms with E-state index in [0.717, 1.165) is 29.5 Å². The molecule has 98 valence electrons. The van der Waals surface area contributed by atoms with Crippen LogP contribution >= 0.6 is 11.5 Å². The molecular formula is C13H13N3O2S. The minimum Gasteiger partial charge on any atom is -0.478 e. The lowest BCUT2D eigenvalue weighted by Gasteiger charge is -2.28. The van der Waals surface area contributed by atoms with Crippen LogP contribution in [0.2, 0.25) is 0 Å². The molecule has 1 aromatic heterocycles. The molecule has 1 aliphatic heterocycles. The van der Waals surface area contributed by atoms with Crippen molar-refractivity contribution in [3.8, 4) is 0 Å². The van der Waals surface area contributed by atoms with Crippen molar-refractivity contribution in [2.24, 2.45) is 0 Å². The number of fused-ring (bicyclic) bond motifs is 1. The van der Waals surface area contributed by atoms with Gasteiger partial charge in [0.15, 0.2) is 0 Å². The lowest BCUT2D eigenvalue weighted by Crippen LogP contribution is -2.30. The number of carboxylic acid groups (broad SMARTS) is 1. The molecule has 0 saturated heterocycles. The molecule has 0 atom stereocenters. The summed E-state index contributed by atoms with van der Waals surface area (Å²) in [7, 11) is 0. The average Bonchev–Trinajstić information content (AvgIpc) is 2.84. The lowest BCUT2D eigenvalue weighted by atomic mass is 9.98. The Morgan fingerprint density at radius 1 is 1.42 bits per heavy atom. The number of benzene rings is 1. The van der Waals surface area contributed by atoms with Gasteiger partial charge in [0, 0.05) is 24.6 Å². The van der Waals surface area contributed by atoms with Crippen molar-refractivity contribution in [1.82, 2.24) is 9.36 Å². The largest absolute Gasteiger partial charge is 0.478 e. The van der Waals surface area contributed by atoms with Crippen LogP contribution in [0.3, 0.4) is 0 Å². The lowest BCUT2D eigenvalue weighted by molar-refractivity contribution is 0.0696. The standard InChI is InChI=1S/C13H13N3O2S/c1-8-14-13(19-15-8)16-5-4-9-2-3-10(12(17)18)6-11(9)7-16/h2-3,6H,4-5,7H2,1H3,(H,17,18). The van der Waals surface area contributed by atoms with Crippen LogP contribution in [0, 0.1) is 6.92 Å². The molecule has 0 saturated carbocycles. The first-order valence-corrected chi connectivity index (χ1v) is 6.81. The van der Waals surface area contributed by atoms with Crippen molar-refractivity contribution < 1.29 is 9.90 Å². The van der Waals surface area contributed by atoms with Gasteiger partial charge in [-0.05, 0) is 36.6 Å². The highest BCUT2D eigenvalue weighted by molar-refractivity contribution is 7.09. The van der Waals surface area contributed by atoms with Crippen molar-refractivity contribution in [3.63, 3.8) is 0 Å². The minimum absolute atomic E-state index is 0.342. The summed E-state index contributed by atoms with van der Waals surface area (Å²) in [6, 6.07) is 5.35. The highest BCUT2D eigenvalue weighted by Gasteiger charge is 2.20. The van der Waals surface area contributed by atoms with Gasteiger partial charge in [-0.1, -0.05) is 6.07 Å². The van der Waals surface area contributed by atoms with Crippen LogP contribution in [0.4, 0.5) is 5.13 Å². The van der Waals surface area contributed by atoms with Crippen molar-refractivity contribution in [3.05, 3.63) is 40.7 Å². The quantitative estimate of drug-likeness (QED) is 0.909. The first kappa shape index (κ1) is 12.1. The van der Waals surface area contributed by atoms with Crippen molar-refractivity contribution in [2.75, 3.05) is 11.4 Å². The molecule has 2 heterocycles. The zero-order valence-electron chi connectivity index (χ0n) is 10.5. The van der Waals surface area contributed by atoms with Gasteiger partial charge >= 0.3 is 5.97 Å². The maximum atomic E-state index is 11.0. The normalized spacial score (nSPS) is 14.3. The van der Waals surface area contributed by atoms with Gasteiger partial charge in [0.1, 0.15) is 5.82 Å². The molecule has 0 spiro atoms. The Morgan fingerprint density at radius 3 is 2.95 bits per heavy atom. The van der Waals surface area contributed by atoms with Crippen LogP contribution in [-0.2, 0) is 13.0 Å². The van der Waals surface area contributed by atoms with E-state index in [9.17, 15) is 4.79 Å². The first-order valence-electron chi connectivity index (χ1n) is 6.04. The van der Waals surface area contributed by atoms with Crippen LogP contribution in [-0.4, -0.2) is 27.0 Å². The van der Waals surface area contributed by atoms with E-state index in [-0.39, 0.29) is 0 Å². The van der Waals surface area contributed by atoms with E-state index in [4.69, 9.17) is 5.11 Å². The second kappa shape index (κ2) is 4.62. The van der Waals surface area contributed by atoms with Gasteiger partial charge in [-0.3, -0.25) is 0 Å². The fourth-order valence-electron chi connectivity index (χ4n) is 2.27. The second-order valence-corrected chi connectivity index (χ2v) is 5.31. The van der Waals surface area contributed by atoms with Gasteiger partial charge in [0.2, 0.25) is 5.13 Å². The Kier molecular flexibility index (Phi) is 2.94. The summed E-state index contributed by atoms with van der Waals surface area (Å²) in [4.78, 5) is 17.5. The Morgan fingerprint density at radius 2 is 2.26 bits per heavy atom. The molecule has 1 aromatic carbocycles. The number of hydrogen-bond donors (Lipinski definition) is 1. The molecular weight excluding hydrogens is 262 g/mol. The Balaban J connectivity index is 1.90. The number of rotatable bonds is 2. The summed E-state index contributed by atoms with van der Waals surface area (Å²) in [6.45, 7) is 3.47. The summed E-state index contributed by atoms with van der Waals surface area (Å²) in [6.07, 6.45) is 0.911. The van der Waals surface area contributed by atoms with Crippen LogP contribution < -0.4 is 4.90 Å². The molecule has 0 bridgehead atoms. The van der Waals surface area contributed by atoms with E-state index < -0.39 is 5.97 Å². The predicted octanol–water partition coefficient (Wildman–Crippen LogP) is 2.11. The molecule has 0 unspecified atom stereocenters. The smallest absolute Gasteiger partial charge is 0.335 e. The fraction of sp³-hybridized carbons (Fsp3) is 0.308. The van der Waals surface area contributed by atoms with Gasteiger partial charge in [-0.2, -0.15) is 4.37 Å². The summed E-state index contributed by atoms with van der Waals surface area (Å²) >= 11 is 1.39. The number of aromatic nitrogens is 2. The third kappa shape index (κ3) is 2.31. The molecule has 0 fully saturated rings. The van der Waals surface area contributed by atoms with Crippen LogP contribution in [0.25, 0.3) is 0 Å². The van der Waals surface area contributed by atoms with Gasteiger partial charge < -0.3 is 10.0 Å². The average molecular weight is 275 g/mol. The maximum absolute atomic E-state index is 11.0. The molecule has 0 amide bonds. The van der Waals surface area contributed by atoms with E-state index in [0.29, 0.717) is 12.1 Å². The Hall–Kier alpha value is -1.95. The molecule has 1 aliphatic rings. The van der Waals surface area contributed by atoms with E-state index in [1.807, 2.05) is 13.0 Å². The molecule has 3 rings (SSSR count). The zero-order valence-corrected chi connectivity index (χ0v) is 11.3. The molecule has 1 N–H and O–H groups in total. The fourth-order valence-corrected chi connectivity index (χ4v) is 2.97. The number of nitrogens with zero attached hydrogens (tertiary/aromatic N) is 3. The predicted molar refractivity (Wildman–Crippen MR) is 72.8 cm³/mol. The Labute approximate surface area is 114 Å². The molecule has 19 heavy (non-hydrogen) atoms. The van der Waals surface area contributed by atoms with E-state index in [1.165, 1.54) is 17.1 Å². The number of aromatic carboxylic acids is 1. The van der Waals surface area contributed by atoms with Crippen molar-refractivity contribution in [1.29, 1.82) is 0 Å². The second-order valence-electron chi connectivity index (χ2n) is 4.58. The summed E-state index contributed by atoms with van der Waals surface area (Å²) in [5.74, 6) is -0.100. The third-order valence-electron chi connectivity index (χ3n) is 3.25. The highest BCUT2D eigenvalue weighted by atomic mass is 32.1. The van der Waals surface area contributed by atoms with Gasteiger partial charge in [-0.15, -0.1) is 0 Å². The molecule has 6 heteroatoms. The monoisotopic (exact) mass is 275 g/mol. The van der Waals surface area contributed by atoms with Crippen molar-refractivity contribution in [2.45, 2.75) is 19.9 Å². The van der Waals surface area contributed by atoms with Crippen molar-refractivity contribution >= 4 is 22.6 Å². The molecule has 0 radical (unpaired) electrons. The van der Waals surface area contributed by atoms with Crippen LogP contribution in [0.1, 0.15) is 27.3 Å². The third-order valence-corrected chi connectivity index (χ3v) is 4.12. The SMILES string of the molecule is Cc1nsc(N2CCc3ccc(C(=O)O)cc3C2)n1. The van der Waals surface area contributed by atoms with E-state index in [2.05, 4.69) is 14.3 Å². The number of carboxylic acids is 1. The molecule has 0 aliphatic carbocycles. The summed E-state index contributed by atoms with van der Waals surface area (Å²) in [5.41, 5.74) is 2.63. The van der Waals surface area contributed by atoms with E-state index in [1.54, 1.807) is 12.1 Å². The van der Waals surface area contributed by atoms with Crippen LogP contribution in [0.15, 0.2) is 18.2 Å². The molecule has 5 nitrogen and oxygen atoms in total. The van der Waals surface area contributed by atoms with Crippen LogP contribution in [0.5, 0.6) is 0 Å². The number of anilines is 1. The first-order chi connectivity index (χ1) is 9.13. The minimum atomic E-state index is -0.883. The Bertz CT molecular complexity index is 639. The number of carbonyl (C=O) groups is 1. The summed E-state index contributed by atoms with van der Waals surface area (Å²) in [5, 5.41) is 9.95. The highest BCUT2D eigenvalue weighted by Crippen LogP contribution is 2.26. The number of aryl methyl sites for hydroxylation is 1. The molecule has 2 aromatic rings. The van der Waals surface area contributed by atoms with Gasteiger partial charge in [-0.25, -0.2) is 9.78 Å². The summed E-state index contributed by atoms with van der Waals surface area (Å²) < 4.78 is 4.19. The zero-order chi connectivity index (χ0) is 13.4. The maximum Gasteiger partial charge on any atom is 0.335 e. The van der Waals surface area contributed by atoms with Gasteiger partial charge in [0.25, 0.3) is 0 Å². The number of hydrogen-bond acceptors (Lipinski definition) is 5.